The molecule has 8 heteroatoms. The number of halogens is 3. The van der Waals surface area contributed by atoms with Crippen LogP contribution < -0.4 is 4.74 Å². The van der Waals surface area contributed by atoms with Crippen LogP contribution in [0.5, 0.6) is 5.75 Å². The van der Waals surface area contributed by atoms with Crippen LogP contribution in [0.25, 0.3) is 12.2 Å². The average Bonchev–Trinajstić information content (AvgIpc) is 2.95. The molecule has 0 bridgehead atoms. The van der Waals surface area contributed by atoms with Gasteiger partial charge in [-0.25, -0.2) is 0 Å². The number of rotatable bonds is 9. The lowest BCUT2D eigenvalue weighted by molar-refractivity contribution is -0.113. The first-order valence-electron chi connectivity index (χ1n) is 13.1. The van der Waals surface area contributed by atoms with Crippen LogP contribution in [0.15, 0.2) is 83.9 Å². The van der Waals surface area contributed by atoms with Gasteiger partial charge in [0.25, 0.3) is 5.91 Å². The van der Waals surface area contributed by atoms with E-state index in [1.807, 2.05) is 48.6 Å². The third-order valence-electron chi connectivity index (χ3n) is 6.69. The van der Waals surface area contributed by atoms with Crippen LogP contribution in [0.3, 0.4) is 0 Å². The lowest BCUT2D eigenvalue weighted by atomic mass is 9.93. The number of ketones is 1. The first kappa shape index (κ1) is 31.4. The summed E-state index contributed by atoms with van der Waals surface area (Å²) >= 11 is 12.1. The number of piperidine rings is 1. The van der Waals surface area contributed by atoms with E-state index < -0.39 is 0 Å². The van der Waals surface area contributed by atoms with Gasteiger partial charge in [-0.1, -0.05) is 61.3 Å². The van der Waals surface area contributed by atoms with Crippen LogP contribution in [0.1, 0.15) is 35.3 Å². The minimum absolute atomic E-state index is 0. The minimum atomic E-state index is -0.152. The van der Waals surface area contributed by atoms with E-state index in [2.05, 4.69) is 18.7 Å². The Labute approximate surface area is 252 Å². The molecule has 1 fully saturated rings. The summed E-state index contributed by atoms with van der Waals surface area (Å²) in [7, 11) is 0. The normalized spacial score (nSPS) is 15.4. The van der Waals surface area contributed by atoms with E-state index >= 15 is 0 Å². The summed E-state index contributed by atoms with van der Waals surface area (Å²) in [5, 5.41) is 1.24. The van der Waals surface area contributed by atoms with Crippen molar-refractivity contribution in [3.63, 3.8) is 0 Å². The van der Waals surface area contributed by atoms with Gasteiger partial charge in [-0.15, -0.1) is 12.4 Å². The molecule has 0 unspecified atom stereocenters. The fraction of sp³-hybridized carbons (Fsp3) is 0.250. The topological polar surface area (TPSA) is 49.9 Å². The Bertz CT molecular complexity index is 1280. The highest BCUT2D eigenvalue weighted by Gasteiger charge is 2.29. The molecule has 40 heavy (non-hydrogen) atoms. The number of nitrogens with zero attached hydrogens (tertiary/aromatic N) is 2. The molecule has 5 nitrogen and oxygen atoms in total. The molecule has 1 aliphatic heterocycles. The standard InChI is InChI=1S/C32H32Cl2N2O3.ClH/c1-3-35(4-2)17-18-39-30-15-9-25(10-16-30)32(38)36-21-26(19-23-5-11-28(33)12-6-23)31(37)27(22-36)20-24-7-13-29(34)14-8-24;/h5-16,19-20H,3-4,17-18,21-22H2,1-2H3;1H/b26-19-,27-20+;. The van der Waals surface area contributed by atoms with Crippen LogP contribution in [-0.4, -0.2) is 60.8 Å². The van der Waals surface area contributed by atoms with E-state index in [4.69, 9.17) is 27.9 Å². The number of ether oxygens (including phenoxy) is 1. The van der Waals surface area contributed by atoms with Gasteiger partial charge in [0, 0.05) is 33.3 Å². The van der Waals surface area contributed by atoms with Crippen molar-refractivity contribution < 1.29 is 14.3 Å². The molecule has 1 heterocycles. The highest BCUT2D eigenvalue weighted by molar-refractivity contribution is 6.31. The van der Waals surface area contributed by atoms with Crippen LogP contribution in [0.2, 0.25) is 10.0 Å². The van der Waals surface area contributed by atoms with E-state index in [0.29, 0.717) is 33.4 Å². The molecule has 0 atom stereocenters. The largest absolute Gasteiger partial charge is 0.492 e. The fourth-order valence-electron chi connectivity index (χ4n) is 4.41. The second kappa shape index (κ2) is 15.1. The Balaban J connectivity index is 0.00000441. The maximum Gasteiger partial charge on any atom is 0.254 e. The zero-order chi connectivity index (χ0) is 27.8. The lowest BCUT2D eigenvalue weighted by Gasteiger charge is -2.30. The van der Waals surface area contributed by atoms with Crippen LogP contribution in [0, 0.1) is 0 Å². The van der Waals surface area contributed by atoms with E-state index in [0.717, 1.165) is 36.5 Å². The van der Waals surface area contributed by atoms with Crippen molar-refractivity contribution in [1.29, 1.82) is 0 Å². The van der Waals surface area contributed by atoms with Crippen LogP contribution in [-0.2, 0) is 4.79 Å². The first-order chi connectivity index (χ1) is 18.9. The van der Waals surface area contributed by atoms with Gasteiger partial charge in [-0.3, -0.25) is 9.59 Å². The number of hydrogen-bond donors (Lipinski definition) is 0. The van der Waals surface area contributed by atoms with E-state index in [1.54, 1.807) is 41.3 Å². The number of likely N-dealkylation sites (N-methyl/N-ethyl adjacent to an activating group) is 1. The van der Waals surface area contributed by atoms with Crippen molar-refractivity contribution >= 4 is 59.5 Å². The summed E-state index contributed by atoms with van der Waals surface area (Å²) in [5.41, 5.74) is 3.29. The molecule has 4 rings (SSSR count). The number of benzene rings is 3. The van der Waals surface area contributed by atoms with Gasteiger partial charge in [0.1, 0.15) is 12.4 Å². The molecule has 1 amide bonds. The van der Waals surface area contributed by atoms with E-state index in [1.165, 1.54) is 0 Å². The molecular formula is C32H33Cl3N2O3. The summed E-state index contributed by atoms with van der Waals surface area (Å²) in [6.45, 7) is 8.07. The van der Waals surface area contributed by atoms with Gasteiger partial charge >= 0.3 is 0 Å². The summed E-state index contributed by atoms with van der Waals surface area (Å²) in [6.07, 6.45) is 3.64. The van der Waals surface area contributed by atoms with Gasteiger partial charge in [-0.05, 0) is 84.9 Å². The molecule has 3 aromatic carbocycles. The van der Waals surface area contributed by atoms with Gasteiger partial charge in [0.2, 0.25) is 0 Å². The molecule has 0 aliphatic carbocycles. The van der Waals surface area contributed by atoms with Crippen molar-refractivity contribution in [2.75, 3.05) is 39.3 Å². The summed E-state index contributed by atoms with van der Waals surface area (Å²) in [5.74, 6) is 0.487. The third kappa shape index (κ3) is 8.45. The predicted molar refractivity (Wildman–Crippen MR) is 167 cm³/mol. The lowest BCUT2D eigenvalue weighted by Crippen LogP contribution is -2.41. The number of likely N-dealkylation sites (tertiary alicyclic amines) is 1. The van der Waals surface area contributed by atoms with Gasteiger partial charge in [0.15, 0.2) is 5.78 Å². The average molecular weight is 600 g/mol. The van der Waals surface area contributed by atoms with Crippen molar-refractivity contribution in [3.8, 4) is 5.75 Å². The Morgan fingerprint density at radius 2 is 1.30 bits per heavy atom. The van der Waals surface area contributed by atoms with Gasteiger partial charge < -0.3 is 14.5 Å². The van der Waals surface area contributed by atoms with E-state index in [-0.39, 0.29) is 37.2 Å². The molecule has 1 saturated heterocycles. The molecule has 0 saturated carbocycles. The highest BCUT2D eigenvalue weighted by atomic mass is 35.5. The molecule has 1 aliphatic rings. The monoisotopic (exact) mass is 598 g/mol. The number of carbonyl (C=O) groups is 2. The molecule has 210 valence electrons. The Morgan fingerprint density at radius 3 is 1.75 bits per heavy atom. The van der Waals surface area contributed by atoms with Crippen molar-refractivity contribution in [2.45, 2.75) is 13.8 Å². The summed E-state index contributed by atoms with van der Waals surface area (Å²) in [6, 6.07) is 21.7. The van der Waals surface area contributed by atoms with Crippen molar-refractivity contribution in [1.82, 2.24) is 9.80 Å². The van der Waals surface area contributed by atoms with Gasteiger partial charge in [-0.2, -0.15) is 0 Å². The maximum absolute atomic E-state index is 13.6. The van der Waals surface area contributed by atoms with E-state index in [9.17, 15) is 9.59 Å². The Kier molecular flexibility index (Phi) is 11.8. The number of hydrogen-bond acceptors (Lipinski definition) is 4. The first-order valence-corrected chi connectivity index (χ1v) is 13.8. The number of carbonyl (C=O) groups excluding carboxylic acids is 2. The van der Waals surface area contributed by atoms with Gasteiger partial charge in [0.05, 0.1) is 13.1 Å². The third-order valence-corrected chi connectivity index (χ3v) is 7.19. The zero-order valence-electron chi connectivity index (χ0n) is 22.6. The predicted octanol–water partition coefficient (Wildman–Crippen LogP) is 7.33. The summed E-state index contributed by atoms with van der Waals surface area (Å²) < 4.78 is 5.87. The second-order valence-electron chi connectivity index (χ2n) is 9.33. The quantitative estimate of drug-likeness (QED) is 0.242. The Hall–Kier alpha value is -3.09. The van der Waals surface area contributed by atoms with Crippen molar-refractivity contribution in [3.05, 3.63) is 111 Å². The maximum atomic E-state index is 13.6. The number of amides is 1. The highest BCUT2D eigenvalue weighted by Crippen LogP contribution is 2.25. The minimum Gasteiger partial charge on any atom is -0.492 e. The van der Waals surface area contributed by atoms with Crippen LogP contribution >= 0.6 is 35.6 Å². The fourth-order valence-corrected chi connectivity index (χ4v) is 4.66. The smallest absolute Gasteiger partial charge is 0.254 e. The second-order valence-corrected chi connectivity index (χ2v) is 10.2. The Morgan fingerprint density at radius 1 is 0.825 bits per heavy atom. The SMILES string of the molecule is CCN(CC)CCOc1ccc(C(=O)N2C/C(=C/c3ccc(Cl)cc3)C(=O)/C(=C/c3ccc(Cl)cc3)C2)cc1.Cl. The summed E-state index contributed by atoms with van der Waals surface area (Å²) in [4.78, 5) is 31.0. The molecule has 0 spiro atoms. The molecule has 0 N–H and O–H groups in total. The van der Waals surface area contributed by atoms with Crippen LogP contribution in [0.4, 0.5) is 0 Å². The molecule has 3 aromatic rings. The van der Waals surface area contributed by atoms with Crippen molar-refractivity contribution in [2.24, 2.45) is 0 Å². The molecule has 0 radical (unpaired) electrons. The number of Topliss-reactive ketones (excluding diaryl/α,β-unsaturated/α-hetero) is 1. The molecule has 0 aromatic heterocycles. The molecular weight excluding hydrogens is 567 g/mol. The zero-order valence-corrected chi connectivity index (χ0v) is 24.9.